The van der Waals surface area contributed by atoms with Crippen molar-refractivity contribution >= 4 is 46.1 Å². The molecule has 25 heavy (non-hydrogen) atoms. The molecule has 3 aliphatic rings. The van der Waals surface area contributed by atoms with Crippen LogP contribution >= 0.6 is 35.3 Å². The first-order chi connectivity index (χ1) is 12.3. The second-order valence-corrected chi connectivity index (χ2v) is 9.85. The van der Waals surface area contributed by atoms with Crippen molar-refractivity contribution in [2.45, 2.75) is 33.0 Å². The van der Waals surface area contributed by atoms with Crippen molar-refractivity contribution in [1.82, 2.24) is 0 Å². The summed E-state index contributed by atoms with van der Waals surface area (Å²) >= 11 is 5.73. The van der Waals surface area contributed by atoms with Gasteiger partial charge in [-0.05, 0) is 35.0 Å². The molecule has 3 aliphatic heterocycles. The summed E-state index contributed by atoms with van der Waals surface area (Å²) in [4.78, 5) is 4.04. The lowest BCUT2D eigenvalue weighted by Crippen LogP contribution is -1.92. The second-order valence-electron chi connectivity index (χ2n) is 6.60. The summed E-state index contributed by atoms with van der Waals surface area (Å²) in [5.74, 6) is 3.15. The monoisotopic (exact) mass is 392 g/mol. The Morgan fingerprint density at radius 3 is 1.92 bits per heavy atom. The quantitative estimate of drug-likeness (QED) is 0.468. The predicted octanol–water partition coefficient (Wildman–Crippen LogP) is 4.31. The fourth-order valence-electron chi connectivity index (χ4n) is 2.63. The van der Waals surface area contributed by atoms with Gasteiger partial charge in [0.15, 0.2) is 0 Å². The molecule has 3 atom stereocenters. The molecule has 3 unspecified atom stereocenters. The molecule has 0 aromatic heterocycles. The number of rotatable bonds is 9. The highest BCUT2D eigenvalue weighted by Crippen LogP contribution is 2.37. The average Bonchev–Trinajstić information content (AvgIpc) is 3.48. The summed E-state index contributed by atoms with van der Waals surface area (Å²) in [7, 11) is 0. The lowest BCUT2D eigenvalue weighted by atomic mass is 10.1. The summed E-state index contributed by atoms with van der Waals surface area (Å²) in [6.45, 7) is 2.77. The van der Waals surface area contributed by atoms with Gasteiger partial charge in [0.25, 0.3) is 0 Å². The maximum atomic E-state index is 5.38. The van der Waals surface area contributed by atoms with Gasteiger partial charge in [-0.15, -0.1) is 35.3 Å². The van der Waals surface area contributed by atoms with Crippen molar-refractivity contribution in [3.8, 4) is 0 Å². The van der Waals surface area contributed by atoms with E-state index in [-0.39, 0.29) is 0 Å². The van der Waals surface area contributed by atoms with E-state index in [1.807, 2.05) is 35.3 Å². The molecule has 0 amide bonds. The lowest BCUT2D eigenvalue weighted by Gasteiger charge is -2.11. The van der Waals surface area contributed by atoms with E-state index < -0.39 is 0 Å². The number of thioether (sulfide) groups is 3. The number of ether oxygens (including phenoxy) is 3. The van der Waals surface area contributed by atoms with E-state index in [4.69, 9.17) is 14.2 Å². The van der Waals surface area contributed by atoms with Crippen LogP contribution in [0.1, 0.15) is 0 Å². The lowest BCUT2D eigenvalue weighted by molar-refractivity contribution is 0.426. The highest BCUT2D eigenvalue weighted by atomic mass is 32.2. The third kappa shape index (κ3) is 4.67. The van der Waals surface area contributed by atoms with E-state index >= 15 is 0 Å². The predicted molar refractivity (Wildman–Crippen MR) is 105 cm³/mol. The summed E-state index contributed by atoms with van der Waals surface area (Å²) in [5.41, 5.74) is 0. The summed E-state index contributed by atoms with van der Waals surface area (Å²) in [6, 6.07) is 11.5. The first kappa shape index (κ1) is 16.8. The summed E-state index contributed by atoms with van der Waals surface area (Å²) in [5, 5.41) is 2.69. The fraction of sp³-hybridized carbons (Fsp3) is 0.474. The van der Waals surface area contributed by atoms with Crippen molar-refractivity contribution in [3.05, 3.63) is 30.3 Å². The van der Waals surface area contributed by atoms with Crippen molar-refractivity contribution in [2.24, 2.45) is 0 Å². The maximum absolute atomic E-state index is 5.38. The van der Waals surface area contributed by atoms with E-state index in [1.54, 1.807) is 0 Å². The van der Waals surface area contributed by atoms with Crippen LogP contribution in [0.4, 0.5) is 0 Å². The van der Waals surface area contributed by atoms with Gasteiger partial charge in [0.2, 0.25) is 0 Å². The van der Waals surface area contributed by atoms with Gasteiger partial charge in [-0.25, -0.2) is 0 Å². The minimum absolute atomic E-state index is 0.449. The molecule has 6 heteroatoms. The van der Waals surface area contributed by atoms with Gasteiger partial charge in [-0.3, -0.25) is 0 Å². The van der Waals surface area contributed by atoms with E-state index in [1.165, 1.54) is 25.5 Å². The third-order valence-corrected chi connectivity index (χ3v) is 7.78. The SMILES string of the molecule is c1cc2c(SCC3CO3)cc(SCC3CO3)cc2cc1SCC1CO1. The highest BCUT2D eigenvalue weighted by molar-refractivity contribution is 8.00. The van der Waals surface area contributed by atoms with Crippen molar-refractivity contribution in [3.63, 3.8) is 0 Å². The average molecular weight is 393 g/mol. The highest BCUT2D eigenvalue weighted by Gasteiger charge is 2.24. The van der Waals surface area contributed by atoms with Crippen LogP contribution in [0.25, 0.3) is 10.8 Å². The Balaban J connectivity index is 1.40. The van der Waals surface area contributed by atoms with Crippen molar-refractivity contribution < 1.29 is 14.2 Å². The smallest absolute Gasteiger partial charge is 0.0903 e. The molecule has 5 rings (SSSR count). The summed E-state index contributed by atoms with van der Waals surface area (Å²) in [6.07, 6.45) is 1.37. The van der Waals surface area contributed by atoms with Crippen LogP contribution in [0.5, 0.6) is 0 Å². The van der Waals surface area contributed by atoms with Crippen molar-refractivity contribution in [2.75, 3.05) is 37.1 Å². The number of benzene rings is 2. The Bertz CT molecular complexity index is 765. The van der Waals surface area contributed by atoms with Crippen LogP contribution in [-0.4, -0.2) is 55.4 Å². The maximum Gasteiger partial charge on any atom is 0.0903 e. The number of hydrogen-bond acceptors (Lipinski definition) is 6. The van der Waals surface area contributed by atoms with Gasteiger partial charge in [0, 0.05) is 31.9 Å². The molecular weight excluding hydrogens is 372 g/mol. The molecule has 0 aliphatic carbocycles. The molecular formula is C19H20O3S3. The molecule has 3 heterocycles. The fourth-order valence-corrected chi connectivity index (χ4v) is 5.74. The van der Waals surface area contributed by atoms with Gasteiger partial charge in [-0.1, -0.05) is 6.07 Å². The Labute approximate surface area is 160 Å². The Hall–Kier alpha value is -0.370. The molecule has 3 nitrogen and oxygen atoms in total. The van der Waals surface area contributed by atoms with Crippen LogP contribution in [0.3, 0.4) is 0 Å². The first-order valence-electron chi connectivity index (χ1n) is 8.64. The molecule has 132 valence electrons. The topological polar surface area (TPSA) is 37.6 Å². The van der Waals surface area contributed by atoms with Crippen LogP contribution in [0, 0.1) is 0 Å². The van der Waals surface area contributed by atoms with Crippen LogP contribution in [0.2, 0.25) is 0 Å². The van der Waals surface area contributed by atoms with E-state index in [0.29, 0.717) is 18.3 Å². The Morgan fingerprint density at radius 2 is 1.28 bits per heavy atom. The van der Waals surface area contributed by atoms with Gasteiger partial charge >= 0.3 is 0 Å². The molecule has 2 aromatic carbocycles. The van der Waals surface area contributed by atoms with Crippen LogP contribution in [0.15, 0.2) is 45.0 Å². The Kier molecular flexibility index (Phi) is 4.92. The van der Waals surface area contributed by atoms with E-state index in [0.717, 1.165) is 37.1 Å². The van der Waals surface area contributed by atoms with Gasteiger partial charge in [0.1, 0.15) is 0 Å². The standard InChI is InChI=1S/C19H20O3S3/c1-2-18-12(3-16(1)23-9-13-6-20-13)4-17(24-10-14-7-21-14)5-19(18)25-11-15-8-22-15/h1-5,13-15H,6-11H2. The van der Waals surface area contributed by atoms with Crippen LogP contribution < -0.4 is 0 Å². The number of hydrogen-bond donors (Lipinski definition) is 0. The van der Waals surface area contributed by atoms with Crippen LogP contribution in [-0.2, 0) is 14.2 Å². The van der Waals surface area contributed by atoms with Gasteiger partial charge < -0.3 is 14.2 Å². The first-order valence-corrected chi connectivity index (χ1v) is 11.6. The van der Waals surface area contributed by atoms with E-state index in [9.17, 15) is 0 Å². The molecule has 0 spiro atoms. The summed E-state index contributed by atoms with van der Waals surface area (Å²) < 4.78 is 16.1. The number of epoxide rings is 3. The zero-order chi connectivity index (χ0) is 16.6. The zero-order valence-electron chi connectivity index (χ0n) is 13.8. The minimum Gasteiger partial charge on any atom is -0.372 e. The molecule has 0 saturated carbocycles. The van der Waals surface area contributed by atoms with Gasteiger partial charge in [0.05, 0.1) is 38.1 Å². The van der Waals surface area contributed by atoms with Crippen molar-refractivity contribution in [1.29, 1.82) is 0 Å². The second kappa shape index (κ2) is 7.33. The normalized spacial score (nSPS) is 26.8. The Morgan fingerprint density at radius 1 is 0.720 bits per heavy atom. The largest absolute Gasteiger partial charge is 0.372 e. The molecule has 3 fully saturated rings. The minimum atomic E-state index is 0.449. The molecule has 0 N–H and O–H groups in total. The third-order valence-electron chi connectivity index (χ3n) is 4.36. The molecule has 0 radical (unpaired) electrons. The van der Waals surface area contributed by atoms with Gasteiger partial charge in [-0.2, -0.15) is 0 Å². The number of fused-ring (bicyclic) bond motifs is 1. The molecule has 0 bridgehead atoms. The van der Waals surface area contributed by atoms with E-state index in [2.05, 4.69) is 30.3 Å². The molecule has 3 saturated heterocycles. The molecule has 2 aromatic rings. The zero-order valence-corrected chi connectivity index (χ0v) is 16.3.